The average molecular weight is 347 g/mol. The van der Waals surface area contributed by atoms with Crippen LogP contribution in [0.3, 0.4) is 0 Å². The molecule has 1 atom stereocenters. The van der Waals surface area contributed by atoms with E-state index in [0.717, 1.165) is 11.4 Å². The molecule has 2 heterocycles. The highest BCUT2D eigenvalue weighted by atomic mass is 32.2. The summed E-state index contributed by atoms with van der Waals surface area (Å²) in [6.07, 6.45) is 7.07. The molecule has 0 spiro atoms. The maximum Gasteiger partial charge on any atom is 0.260 e. The van der Waals surface area contributed by atoms with E-state index in [0.29, 0.717) is 17.1 Å². The Morgan fingerprint density at radius 2 is 2.33 bits per heavy atom. The van der Waals surface area contributed by atoms with Crippen molar-refractivity contribution in [3.63, 3.8) is 0 Å². The van der Waals surface area contributed by atoms with Crippen LogP contribution in [0.15, 0.2) is 35.9 Å². The minimum Gasteiger partial charge on any atom is -0.398 e. The van der Waals surface area contributed by atoms with Gasteiger partial charge in [-0.3, -0.25) is 9.78 Å². The highest BCUT2D eigenvalue weighted by molar-refractivity contribution is 7.98. The predicted molar refractivity (Wildman–Crippen MR) is 95.6 cm³/mol. The summed E-state index contributed by atoms with van der Waals surface area (Å²) in [7, 11) is 1.46. The molecule has 1 amide bonds. The van der Waals surface area contributed by atoms with Gasteiger partial charge in [-0.25, -0.2) is 4.68 Å². The number of nitrogens with one attached hydrogen (secondary N) is 1. The van der Waals surface area contributed by atoms with Gasteiger partial charge in [-0.15, -0.1) is 0 Å². The molecule has 0 aliphatic heterocycles. The van der Waals surface area contributed by atoms with E-state index in [-0.39, 0.29) is 11.8 Å². The molecule has 7 nitrogen and oxygen atoms in total. The van der Waals surface area contributed by atoms with Crippen molar-refractivity contribution >= 4 is 23.5 Å². The Labute approximate surface area is 145 Å². The van der Waals surface area contributed by atoms with E-state index in [1.807, 2.05) is 25.3 Å². The quantitative estimate of drug-likeness (QED) is 0.492. The van der Waals surface area contributed by atoms with Crippen LogP contribution in [0.2, 0.25) is 0 Å². The van der Waals surface area contributed by atoms with Crippen LogP contribution in [0, 0.1) is 12.8 Å². The van der Waals surface area contributed by atoms with Crippen LogP contribution in [-0.4, -0.2) is 45.6 Å². The molecule has 0 radical (unpaired) electrons. The molecule has 0 aromatic carbocycles. The summed E-state index contributed by atoms with van der Waals surface area (Å²) in [6, 6.07) is 3.69. The summed E-state index contributed by atoms with van der Waals surface area (Å²) < 4.78 is 1.63. The number of aryl methyl sites for hydroxylation is 1. The van der Waals surface area contributed by atoms with Gasteiger partial charge in [-0.2, -0.15) is 16.9 Å². The Kier molecular flexibility index (Phi) is 6.36. The first-order chi connectivity index (χ1) is 11.6. The lowest BCUT2D eigenvalue weighted by atomic mass is 10.2. The van der Waals surface area contributed by atoms with Crippen molar-refractivity contribution in [3.8, 4) is 5.69 Å². The Morgan fingerprint density at radius 3 is 2.96 bits per heavy atom. The van der Waals surface area contributed by atoms with Crippen molar-refractivity contribution in [2.24, 2.45) is 11.1 Å². The molecule has 2 rings (SSSR count). The van der Waals surface area contributed by atoms with Crippen molar-refractivity contribution in [1.29, 1.82) is 0 Å². The second-order valence-corrected chi connectivity index (χ2v) is 6.16. The summed E-state index contributed by atoms with van der Waals surface area (Å²) >= 11 is 1.68. The lowest BCUT2D eigenvalue weighted by Crippen LogP contribution is -2.36. The van der Waals surface area contributed by atoms with Gasteiger partial charge in [0.15, 0.2) is 5.84 Å². The molecule has 2 aromatic rings. The molecular weight excluding hydrogens is 326 g/mol. The summed E-state index contributed by atoms with van der Waals surface area (Å²) in [5.74, 6) is 1.14. The molecule has 0 saturated heterocycles. The Bertz CT molecular complexity index is 715. The normalized spacial score (nSPS) is 12.8. The second-order valence-electron chi connectivity index (χ2n) is 5.25. The molecule has 0 fully saturated rings. The fourth-order valence-electron chi connectivity index (χ4n) is 2.15. The average Bonchev–Trinajstić information content (AvgIpc) is 2.97. The summed E-state index contributed by atoms with van der Waals surface area (Å²) in [6.45, 7) is 3.78. The number of thioether (sulfide) groups is 1. The van der Waals surface area contributed by atoms with Gasteiger partial charge in [0.1, 0.15) is 7.11 Å². The second kappa shape index (κ2) is 8.49. The topological polar surface area (TPSA) is 81.4 Å². The summed E-state index contributed by atoms with van der Waals surface area (Å²) in [4.78, 5) is 21.5. The van der Waals surface area contributed by atoms with Gasteiger partial charge in [0, 0.05) is 24.1 Å². The number of hydrogen-bond acceptors (Lipinski definition) is 6. The van der Waals surface area contributed by atoms with E-state index in [1.54, 1.807) is 42.0 Å². The molecule has 2 aromatic heterocycles. The maximum atomic E-state index is 12.6. The number of nitrogens with zero attached hydrogens (tertiary/aromatic N) is 4. The van der Waals surface area contributed by atoms with Gasteiger partial charge in [0.2, 0.25) is 0 Å². The third-order valence-electron chi connectivity index (χ3n) is 3.37. The number of carbonyl (C=O) groups is 1. The molecule has 1 N–H and O–H groups in total. The number of amidine groups is 1. The molecule has 24 heavy (non-hydrogen) atoms. The zero-order chi connectivity index (χ0) is 17.5. The van der Waals surface area contributed by atoms with Crippen LogP contribution in [-0.2, 0) is 4.84 Å². The van der Waals surface area contributed by atoms with Crippen molar-refractivity contribution in [1.82, 2.24) is 20.1 Å². The van der Waals surface area contributed by atoms with Crippen molar-refractivity contribution in [3.05, 3.63) is 42.0 Å². The number of oxime groups is 1. The first-order valence-corrected chi connectivity index (χ1v) is 8.84. The third kappa shape index (κ3) is 4.35. The molecule has 0 bridgehead atoms. The number of aromatic nitrogens is 3. The zero-order valence-corrected chi connectivity index (χ0v) is 15.0. The lowest BCUT2D eigenvalue weighted by molar-refractivity contribution is 0.0972. The number of amides is 1. The van der Waals surface area contributed by atoms with E-state index >= 15 is 0 Å². The van der Waals surface area contributed by atoms with Gasteiger partial charge in [-0.1, -0.05) is 12.1 Å². The highest BCUT2D eigenvalue weighted by Crippen LogP contribution is 2.12. The molecule has 0 aliphatic carbocycles. The van der Waals surface area contributed by atoms with E-state index in [4.69, 9.17) is 4.84 Å². The van der Waals surface area contributed by atoms with Gasteiger partial charge in [-0.05, 0) is 25.3 Å². The van der Waals surface area contributed by atoms with Crippen molar-refractivity contribution < 1.29 is 9.63 Å². The van der Waals surface area contributed by atoms with Crippen LogP contribution in [0.25, 0.3) is 5.69 Å². The van der Waals surface area contributed by atoms with E-state index in [9.17, 15) is 4.79 Å². The van der Waals surface area contributed by atoms with Gasteiger partial charge in [0.25, 0.3) is 5.91 Å². The van der Waals surface area contributed by atoms with E-state index < -0.39 is 0 Å². The van der Waals surface area contributed by atoms with Crippen LogP contribution in [0.1, 0.15) is 23.0 Å². The number of hydrogen-bond donors (Lipinski definition) is 1. The minimum atomic E-state index is -0.258. The van der Waals surface area contributed by atoms with Gasteiger partial charge >= 0.3 is 0 Å². The molecule has 1 unspecified atom stereocenters. The predicted octanol–water partition coefficient (Wildman–Crippen LogP) is 2.26. The molecule has 0 aliphatic rings. The maximum absolute atomic E-state index is 12.6. The number of pyridine rings is 1. The zero-order valence-electron chi connectivity index (χ0n) is 14.2. The van der Waals surface area contributed by atoms with Gasteiger partial charge in [0.05, 0.1) is 23.1 Å². The first kappa shape index (κ1) is 18.0. The van der Waals surface area contributed by atoms with Crippen LogP contribution < -0.4 is 5.32 Å². The standard InChI is InChI=1S/C16H21N5O2S/c1-11(10-24-4)15(20-23-3)18-16(22)14-9-21(19-12(14)2)13-6-5-7-17-8-13/h5-9,11H,10H2,1-4H3,(H,18,20,22). The molecule has 128 valence electrons. The number of rotatable bonds is 6. The van der Waals surface area contributed by atoms with Crippen LogP contribution in [0.4, 0.5) is 0 Å². The fourth-order valence-corrected chi connectivity index (χ4v) is 2.81. The minimum absolute atomic E-state index is 0.0672. The summed E-state index contributed by atoms with van der Waals surface area (Å²) in [5, 5.41) is 11.1. The van der Waals surface area contributed by atoms with Crippen molar-refractivity contribution in [2.75, 3.05) is 19.1 Å². The Morgan fingerprint density at radius 1 is 1.54 bits per heavy atom. The third-order valence-corrected chi connectivity index (χ3v) is 4.20. The van der Waals surface area contributed by atoms with Crippen LogP contribution in [0.5, 0.6) is 0 Å². The summed E-state index contributed by atoms with van der Waals surface area (Å²) in [5.41, 5.74) is 1.91. The lowest BCUT2D eigenvalue weighted by Gasteiger charge is -2.13. The Hall–Kier alpha value is -2.35. The van der Waals surface area contributed by atoms with E-state index in [2.05, 4.69) is 20.6 Å². The fraction of sp³-hybridized carbons (Fsp3) is 0.375. The molecule has 0 saturated carbocycles. The largest absolute Gasteiger partial charge is 0.398 e. The van der Waals surface area contributed by atoms with Gasteiger partial charge < -0.3 is 10.2 Å². The van der Waals surface area contributed by atoms with Crippen LogP contribution >= 0.6 is 11.8 Å². The smallest absolute Gasteiger partial charge is 0.260 e. The Balaban J connectivity index is 2.20. The molecular formula is C16H21N5O2S. The number of carbonyl (C=O) groups excluding carboxylic acids is 1. The SMILES string of the molecule is CON=C(NC(=O)c1cn(-c2cccnc2)nc1C)C(C)CSC. The van der Waals surface area contributed by atoms with Crippen molar-refractivity contribution in [2.45, 2.75) is 13.8 Å². The highest BCUT2D eigenvalue weighted by Gasteiger charge is 2.19. The molecule has 8 heteroatoms. The first-order valence-electron chi connectivity index (χ1n) is 7.44. The monoisotopic (exact) mass is 347 g/mol. The van der Waals surface area contributed by atoms with E-state index in [1.165, 1.54) is 7.11 Å².